The molecule has 1 unspecified atom stereocenters. The highest BCUT2D eigenvalue weighted by atomic mass is 19.4. The molecule has 0 aromatic heterocycles. The molecule has 0 radical (unpaired) electrons. The van der Waals surface area contributed by atoms with E-state index in [-0.39, 0.29) is 5.75 Å². The molecule has 1 aromatic rings. The molecule has 1 aromatic carbocycles. The molecule has 2 nitrogen and oxygen atoms in total. The van der Waals surface area contributed by atoms with Crippen LogP contribution in [-0.4, -0.2) is 34.7 Å². The Morgan fingerprint density at radius 3 is 1.54 bits per heavy atom. The van der Waals surface area contributed by atoms with E-state index in [0.717, 1.165) is 12.1 Å². The number of ether oxygens (including phenoxy) is 1. The van der Waals surface area contributed by atoms with Crippen LogP contribution in [0.2, 0.25) is 0 Å². The van der Waals surface area contributed by atoms with E-state index in [1.165, 1.54) is 12.1 Å². The zero-order valence-corrected chi connectivity index (χ0v) is 15.3. The van der Waals surface area contributed by atoms with Gasteiger partial charge < -0.3 is 9.84 Å². The van der Waals surface area contributed by atoms with E-state index >= 15 is 0 Å². The van der Waals surface area contributed by atoms with Crippen LogP contribution in [0.3, 0.4) is 0 Å². The molecule has 1 N–H and O–H groups in total. The predicted molar refractivity (Wildman–Crippen MR) is 81.9 cm³/mol. The summed E-state index contributed by atoms with van der Waals surface area (Å²) < 4.78 is 122. The molecule has 0 saturated carbocycles. The summed E-state index contributed by atoms with van der Waals surface area (Å²) in [5.74, 6) is -19.4. The Hall–Kier alpha value is -1.65. The van der Waals surface area contributed by atoms with E-state index in [4.69, 9.17) is 4.74 Å². The minimum atomic E-state index is -7.00. The van der Waals surface area contributed by atoms with Crippen LogP contribution in [0.4, 0.5) is 39.5 Å². The number of alkyl halides is 9. The topological polar surface area (TPSA) is 29.5 Å². The molecule has 28 heavy (non-hydrogen) atoms. The van der Waals surface area contributed by atoms with Gasteiger partial charge in [0, 0.05) is 0 Å². The van der Waals surface area contributed by atoms with E-state index in [9.17, 15) is 44.6 Å². The van der Waals surface area contributed by atoms with Gasteiger partial charge in [0.25, 0.3) is 0 Å². The monoisotopic (exact) mass is 426 g/mol. The van der Waals surface area contributed by atoms with E-state index in [1.54, 1.807) is 20.8 Å². The van der Waals surface area contributed by atoms with Crippen molar-refractivity contribution in [2.75, 3.05) is 0 Å². The van der Waals surface area contributed by atoms with Gasteiger partial charge in [0.05, 0.1) is 12.0 Å². The number of aliphatic hydroxyl groups is 1. The Kier molecular flexibility index (Phi) is 6.09. The molecule has 0 heterocycles. The Bertz CT molecular complexity index is 671. The number of halogens is 9. The molecular weight excluding hydrogens is 407 g/mol. The van der Waals surface area contributed by atoms with Crippen LogP contribution < -0.4 is 4.74 Å². The van der Waals surface area contributed by atoms with Crippen molar-refractivity contribution in [3.63, 3.8) is 0 Å². The van der Waals surface area contributed by atoms with Crippen molar-refractivity contribution in [1.82, 2.24) is 0 Å². The van der Waals surface area contributed by atoms with Crippen molar-refractivity contribution >= 4 is 0 Å². The van der Waals surface area contributed by atoms with Gasteiger partial charge in [-0.05, 0) is 45.4 Å². The third kappa shape index (κ3) is 4.84. The fourth-order valence-corrected chi connectivity index (χ4v) is 2.29. The first-order valence-corrected chi connectivity index (χ1v) is 7.86. The number of rotatable bonds is 6. The smallest absolute Gasteiger partial charge is 0.460 e. The first-order valence-electron chi connectivity index (χ1n) is 7.86. The van der Waals surface area contributed by atoms with Gasteiger partial charge in [-0.3, -0.25) is 0 Å². The lowest BCUT2D eigenvalue weighted by atomic mass is 9.86. The average Bonchev–Trinajstić information content (AvgIpc) is 2.43. The highest BCUT2D eigenvalue weighted by molar-refractivity contribution is 5.31. The molecule has 0 amide bonds. The molecular formula is C17H19F9O2. The normalized spacial score (nSPS) is 16.6. The standard InChI is InChI=1S/C17H19F9O2/c1-12(2,3)28-11-7-5-10(6-8-11)13(4,27)9-14(18,19)15(20,21)16(22,23)17(24,25)26/h5-8,27H,9H2,1-4H3. The summed E-state index contributed by atoms with van der Waals surface area (Å²) in [7, 11) is 0. The summed E-state index contributed by atoms with van der Waals surface area (Å²) in [6.07, 6.45) is -9.28. The van der Waals surface area contributed by atoms with E-state index in [2.05, 4.69) is 0 Å². The zero-order chi connectivity index (χ0) is 22.4. The predicted octanol–water partition coefficient (Wildman–Crippen LogP) is 5.93. The molecule has 162 valence electrons. The van der Waals surface area contributed by atoms with Crippen molar-refractivity contribution in [2.24, 2.45) is 0 Å². The Morgan fingerprint density at radius 2 is 1.18 bits per heavy atom. The van der Waals surface area contributed by atoms with Gasteiger partial charge >= 0.3 is 23.9 Å². The first kappa shape index (κ1) is 24.4. The van der Waals surface area contributed by atoms with Gasteiger partial charge in [0.15, 0.2) is 0 Å². The van der Waals surface area contributed by atoms with E-state index < -0.39 is 47.1 Å². The zero-order valence-electron chi connectivity index (χ0n) is 15.3. The third-order valence-corrected chi connectivity index (χ3v) is 3.68. The maximum Gasteiger partial charge on any atom is 0.460 e. The fraction of sp³-hybridized carbons (Fsp3) is 0.647. The summed E-state index contributed by atoms with van der Waals surface area (Å²) in [6, 6.07) is 4.43. The second kappa shape index (κ2) is 7.00. The van der Waals surface area contributed by atoms with E-state index in [0.29, 0.717) is 6.92 Å². The Labute approximate surface area is 155 Å². The van der Waals surface area contributed by atoms with Gasteiger partial charge in [0.1, 0.15) is 11.4 Å². The van der Waals surface area contributed by atoms with E-state index in [1.807, 2.05) is 0 Å². The van der Waals surface area contributed by atoms with Gasteiger partial charge in [0.2, 0.25) is 0 Å². The second-order valence-electron chi connectivity index (χ2n) is 7.54. The van der Waals surface area contributed by atoms with Crippen LogP contribution >= 0.6 is 0 Å². The lowest BCUT2D eigenvalue weighted by molar-refractivity contribution is -0.400. The van der Waals surface area contributed by atoms with Crippen molar-refractivity contribution in [3.05, 3.63) is 29.8 Å². The molecule has 11 heteroatoms. The molecule has 0 saturated heterocycles. The molecule has 1 atom stereocenters. The van der Waals surface area contributed by atoms with Crippen molar-refractivity contribution in [2.45, 2.75) is 69.3 Å². The largest absolute Gasteiger partial charge is 0.488 e. The molecule has 0 aliphatic rings. The Balaban J connectivity index is 3.16. The third-order valence-electron chi connectivity index (χ3n) is 3.68. The molecule has 0 aliphatic carbocycles. The minimum absolute atomic E-state index is 0.229. The number of hydrogen-bond donors (Lipinski definition) is 1. The van der Waals surface area contributed by atoms with Crippen LogP contribution in [0.25, 0.3) is 0 Å². The average molecular weight is 426 g/mol. The second-order valence-corrected chi connectivity index (χ2v) is 7.54. The molecule has 0 fully saturated rings. The van der Waals surface area contributed by atoms with Crippen LogP contribution in [0.5, 0.6) is 5.75 Å². The first-order chi connectivity index (χ1) is 12.1. The molecule has 0 bridgehead atoms. The van der Waals surface area contributed by atoms with Crippen LogP contribution in [-0.2, 0) is 5.60 Å². The van der Waals surface area contributed by atoms with Crippen molar-refractivity contribution in [1.29, 1.82) is 0 Å². The van der Waals surface area contributed by atoms with Crippen LogP contribution in [0.1, 0.15) is 39.7 Å². The molecule has 0 aliphatic heterocycles. The maximum absolute atomic E-state index is 13.8. The lowest BCUT2D eigenvalue weighted by Gasteiger charge is -2.37. The summed E-state index contributed by atoms with van der Waals surface area (Å²) >= 11 is 0. The highest BCUT2D eigenvalue weighted by Crippen LogP contribution is 2.55. The van der Waals surface area contributed by atoms with Crippen LogP contribution in [0.15, 0.2) is 24.3 Å². The summed E-state index contributed by atoms with van der Waals surface area (Å²) in [4.78, 5) is 0. The maximum atomic E-state index is 13.8. The summed E-state index contributed by atoms with van der Waals surface area (Å²) in [5.41, 5.74) is -3.88. The van der Waals surface area contributed by atoms with Crippen LogP contribution in [0, 0.1) is 0 Å². The van der Waals surface area contributed by atoms with Gasteiger partial charge in [-0.2, -0.15) is 39.5 Å². The number of benzene rings is 1. The highest BCUT2D eigenvalue weighted by Gasteiger charge is 2.81. The quantitative estimate of drug-likeness (QED) is 0.572. The van der Waals surface area contributed by atoms with Gasteiger partial charge in [-0.15, -0.1) is 0 Å². The number of hydrogen-bond acceptors (Lipinski definition) is 2. The fourth-order valence-electron chi connectivity index (χ4n) is 2.29. The molecule has 0 spiro atoms. The van der Waals surface area contributed by atoms with Crippen molar-refractivity contribution in [3.8, 4) is 5.75 Å². The van der Waals surface area contributed by atoms with Crippen molar-refractivity contribution < 1.29 is 49.4 Å². The minimum Gasteiger partial charge on any atom is -0.488 e. The molecule has 1 rings (SSSR count). The summed E-state index contributed by atoms with van der Waals surface area (Å²) in [5, 5.41) is 10.1. The summed E-state index contributed by atoms with van der Waals surface area (Å²) in [6.45, 7) is 5.68. The van der Waals surface area contributed by atoms with Gasteiger partial charge in [-0.25, -0.2) is 0 Å². The van der Waals surface area contributed by atoms with Gasteiger partial charge in [-0.1, -0.05) is 12.1 Å². The Morgan fingerprint density at radius 1 is 0.750 bits per heavy atom. The SMILES string of the molecule is CC(C)(C)Oc1ccc(C(C)(O)CC(F)(F)C(F)(F)C(F)(F)C(F)(F)F)cc1. The lowest BCUT2D eigenvalue weighted by Crippen LogP contribution is -2.62.